The second kappa shape index (κ2) is 7.70. The topological polar surface area (TPSA) is 68.5 Å². The first-order valence-electron chi connectivity index (χ1n) is 8.66. The molecular weight excluding hydrogens is 376 g/mol. The van der Waals surface area contributed by atoms with Gasteiger partial charge >= 0.3 is 0 Å². The third-order valence-electron chi connectivity index (χ3n) is 4.37. The average molecular weight is 393 g/mol. The number of rotatable bonds is 5. The molecule has 1 N–H and O–H groups in total. The van der Waals surface area contributed by atoms with Crippen molar-refractivity contribution in [2.24, 2.45) is 0 Å². The molecule has 0 fully saturated rings. The van der Waals surface area contributed by atoms with Gasteiger partial charge in [-0.25, -0.2) is 0 Å². The number of hydrogen-bond donors (Lipinski definition) is 1. The summed E-state index contributed by atoms with van der Waals surface area (Å²) in [5.74, 6) is 1.19. The zero-order chi connectivity index (χ0) is 19.5. The van der Waals surface area contributed by atoms with Crippen molar-refractivity contribution in [3.05, 3.63) is 83.0 Å². The maximum atomic E-state index is 12.5. The van der Waals surface area contributed by atoms with E-state index in [1.165, 1.54) is 0 Å². The Bertz CT molecular complexity index is 1160. The molecular formula is C21H17ClN4O2. The lowest BCUT2D eigenvalue weighted by molar-refractivity contribution is 0.0951. The molecule has 4 aromatic rings. The van der Waals surface area contributed by atoms with E-state index >= 15 is 0 Å². The SMILES string of the molecule is COc1cccc(CNC(=O)c2ccn3c(-c4ccccc4Cl)nnc3c2)c1. The number of nitrogens with one attached hydrogen (secondary N) is 1. The molecule has 140 valence electrons. The molecule has 0 aliphatic carbocycles. The number of ether oxygens (including phenoxy) is 1. The van der Waals surface area contributed by atoms with E-state index in [1.807, 2.05) is 42.5 Å². The summed E-state index contributed by atoms with van der Waals surface area (Å²) in [6.07, 6.45) is 1.77. The lowest BCUT2D eigenvalue weighted by atomic mass is 10.2. The number of nitrogens with zero attached hydrogens (tertiary/aromatic N) is 3. The van der Waals surface area contributed by atoms with E-state index in [2.05, 4.69) is 15.5 Å². The van der Waals surface area contributed by atoms with Crippen LogP contribution in [0.25, 0.3) is 17.0 Å². The van der Waals surface area contributed by atoms with E-state index in [9.17, 15) is 4.79 Å². The number of halogens is 1. The van der Waals surface area contributed by atoms with Gasteiger partial charge in [-0.05, 0) is 42.0 Å². The van der Waals surface area contributed by atoms with E-state index in [1.54, 1.807) is 35.9 Å². The van der Waals surface area contributed by atoms with Crippen LogP contribution in [0.3, 0.4) is 0 Å². The van der Waals surface area contributed by atoms with Crippen LogP contribution in [0.4, 0.5) is 0 Å². The van der Waals surface area contributed by atoms with Gasteiger partial charge in [-0.2, -0.15) is 0 Å². The lowest BCUT2D eigenvalue weighted by Crippen LogP contribution is -2.22. The van der Waals surface area contributed by atoms with Gasteiger partial charge in [-0.1, -0.05) is 35.9 Å². The standard InChI is InChI=1S/C21H17ClN4O2/c1-28-16-6-4-5-14(11-16)13-23-21(27)15-9-10-26-19(12-15)24-25-20(26)17-7-2-3-8-18(17)22/h2-12H,13H2,1H3,(H,23,27). The number of hydrogen-bond acceptors (Lipinski definition) is 4. The van der Waals surface area contributed by atoms with E-state index < -0.39 is 0 Å². The number of benzene rings is 2. The van der Waals surface area contributed by atoms with E-state index in [0.717, 1.165) is 16.9 Å². The number of fused-ring (bicyclic) bond motifs is 1. The highest BCUT2D eigenvalue weighted by Gasteiger charge is 2.13. The van der Waals surface area contributed by atoms with Gasteiger partial charge in [0.1, 0.15) is 5.75 Å². The first-order chi connectivity index (χ1) is 13.7. The highest BCUT2D eigenvalue weighted by molar-refractivity contribution is 6.33. The van der Waals surface area contributed by atoms with Crippen LogP contribution in [0, 0.1) is 0 Å². The molecule has 0 aliphatic rings. The summed E-state index contributed by atoms with van der Waals surface area (Å²) in [4.78, 5) is 12.5. The van der Waals surface area contributed by atoms with E-state index in [-0.39, 0.29) is 5.91 Å². The van der Waals surface area contributed by atoms with Crippen LogP contribution in [-0.4, -0.2) is 27.6 Å². The third-order valence-corrected chi connectivity index (χ3v) is 4.70. The van der Waals surface area contributed by atoms with Crippen molar-refractivity contribution in [2.75, 3.05) is 7.11 Å². The van der Waals surface area contributed by atoms with Crippen LogP contribution < -0.4 is 10.1 Å². The molecule has 28 heavy (non-hydrogen) atoms. The molecule has 0 spiro atoms. The van der Waals surface area contributed by atoms with Gasteiger partial charge in [0.05, 0.1) is 12.1 Å². The summed E-state index contributed by atoms with van der Waals surface area (Å²) in [6, 6.07) is 18.4. The maximum Gasteiger partial charge on any atom is 0.251 e. The number of amides is 1. The molecule has 4 rings (SSSR count). The van der Waals surface area contributed by atoms with Crippen molar-refractivity contribution in [1.82, 2.24) is 19.9 Å². The Labute approximate surface area is 166 Å². The largest absolute Gasteiger partial charge is 0.497 e. The summed E-state index contributed by atoms with van der Waals surface area (Å²) >= 11 is 6.26. The molecule has 1 amide bonds. The minimum Gasteiger partial charge on any atom is -0.497 e. The normalized spacial score (nSPS) is 10.8. The van der Waals surface area contributed by atoms with Gasteiger partial charge in [0.25, 0.3) is 5.91 Å². The molecule has 0 saturated carbocycles. The van der Waals surface area contributed by atoms with Crippen molar-refractivity contribution in [3.8, 4) is 17.1 Å². The summed E-state index contributed by atoms with van der Waals surface area (Å²) in [5, 5.41) is 11.9. The molecule has 6 nitrogen and oxygen atoms in total. The molecule has 2 aromatic heterocycles. The Morgan fingerprint density at radius 2 is 1.96 bits per heavy atom. The fourth-order valence-electron chi connectivity index (χ4n) is 2.93. The van der Waals surface area contributed by atoms with Gasteiger partial charge in [-0.3, -0.25) is 9.20 Å². The van der Waals surface area contributed by atoms with Crippen molar-refractivity contribution in [3.63, 3.8) is 0 Å². The summed E-state index contributed by atoms with van der Waals surface area (Å²) in [5.41, 5.74) is 2.82. The molecule has 0 unspecified atom stereocenters. The van der Waals surface area contributed by atoms with Crippen LogP contribution in [0.1, 0.15) is 15.9 Å². The predicted octanol–water partition coefficient (Wildman–Crippen LogP) is 3.99. The van der Waals surface area contributed by atoms with Gasteiger partial charge in [-0.15, -0.1) is 10.2 Å². The van der Waals surface area contributed by atoms with Crippen molar-refractivity contribution >= 4 is 23.2 Å². The first kappa shape index (κ1) is 18.0. The number of methoxy groups -OCH3 is 1. The molecule has 0 bridgehead atoms. The zero-order valence-electron chi connectivity index (χ0n) is 15.1. The summed E-state index contributed by atoms with van der Waals surface area (Å²) in [6.45, 7) is 0.402. The second-order valence-corrected chi connectivity index (χ2v) is 6.59. The van der Waals surface area contributed by atoms with Gasteiger partial charge in [0.2, 0.25) is 0 Å². The Kier molecular flexibility index (Phi) is 4.95. The molecule has 7 heteroatoms. The smallest absolute Gasteiger partial charge is 0.251 e. The Morgan fingerprint density at radius 3 is 2.79 bits per heavy atom. The Balaban J connectivity index is 1.55. The molecule has 0 radical (unpaired) electrons. The highest BCUT2D eigenvalue weighted by atomic mass is 35.5. The van der Waals surface area contributed by atoms with Crippen LogP contribution in [0.5, 0.6) is 5.75 Å². The van der Waals surface area contributed by atoms with Gasteiger partial charge in [0, 0.05) is 23.9 Å². The van der Waals surface area contributed by atoms with Crippen molar-refractivity contribution < 1.29 is 9.53 Å². The minimum atomic E-state index is -0.187. The third kappa shape index (κ3) is 3.54. The zero-order valence-corrected chi connectivity index (χ0v) is 15.8. The predicted molar refractivity (Wildman–Crippen MR) is 108 cm³/mol. The molecule has 2 aromatic carbocycles. The number of pyridine rings is 1. The van der Waals surface area contributed by atoms with Crippen LogP contribution in [0.2, 0.25) is 5.02 Å². The summed E-state index contributed by atoms with van der Waals surface area (Å²) in [7, 11) is 1.61. The molecule has 0 atom stereocenters. The fourth-order valence-corrected chi connectivity index (χ4v) is 3.15. The van der Waals surface area contributed by atoms with E-state index in [4.69, 9.17) is 16.3 Å². The number of aromatic nitrogens is 3. The quantitative estimate of drug-likeness (QED) is 0.557. The second-order valence-electron chi connectivity index (χ2n) is 6.18. The lowest BCUT2D eigenvalue weighted by Gasteiger charge is -2.08. The van der Waals surface area contributed by atoms with Crippen LogP contribution >= 0.6 is 11.6 Å². The van der Waals surface area contributed by atoms with Crippen LogP contribution in [0.15, 0.2) is 66.9 Å². The highest BCUT2D eigenvalue weighted by Crippen LogP contribution is 2.26. The molecule has 0 aliphatic heterocycles. The van der Waals surface area contributed by atoms with E-state index in [0.29, 0.717) is 28.6 Å². The Hall–Kier alpha value is -3.38. The first-order valence-corrected chi connectivity index (χ1v) is 9.04. The monoisotopic (exact) mass is 392 g/mol. The van der Waals surface area contributed by atoms with Crippen molar-refractivity contribution in [1.29, 1.82) is 0 Å². The minimum absolute atomic E-state index is 0.187. The molecule has 0 saturated heterocycles. The average Bonchev–Trinajstić information content (AvgIpc) is 3.15. The number of carbonyl (C=O) groups is 1. The molecule has 2 heterocycles. The van der Waals surface area contributed by atoms with Gasteiger partial charge < -0.3 is 10.1 Å². The fraction of sp³-hybridized carbons (Fsp3) is 0.0952. The Morgan fingerprint density at radius 1 is 1.11 bits per heavy atom. The van der Waals surface area contributed by atoms with Gasteiger partial charge in [0.15, 0.2) is 11.5 Å². The van der Waals surface area contributed by atoms with Crippen molar-refractivity contribution in [2.45, 2.75) is 6.54 Å². The maximum absolute atomic E-state index is 12.5. The summed E-state index contributed by atoms with van der Waals surface area (Å²) < 4.78 is 7.01. The number of carbonyl (C=O) groups excluding carboxylic acids is 1. The van der Waals surface area contributed by atoms with Crippen LogP contribution in [-0.2, 0) is 6.54 Å².